The minimum absolute atomic E-state index is 0.250. The van der Waals surface area contributed by atoms with Crippen LogP contribution < -0.4 is 15.0 Å². The Balaban J connectivity index is 1.22. The minimum Gasteiger partial charge on any atom is -0.496 e. The van der Waals surface area contributed by atoms with E-state index in [-0.39, 0.29) is 5.91 Å². The number of hydrogen-bond acceptors (Lipinski definition) is 4. The molecule has 5 heteroatoms. The molecule has 0 aliphatic carbocycles. The first-order chi connectivity index (χ1) is 15.2. The summed E-state index contributed by atoms with van der Waals surface area (Å²) in [5.41, 5.74) is 5.86. The molecule has 1 amide bonds. The molecule has 2 aromatic carbocycles. The van der Waals surface area contributed by atoms with Crippen LogP contribution in [0.3, 0.4) is 0 Å². The molecule has 2 aliphatic rings. The number of benzene rings is 2. The molecule has 166 valence electrons. The Hall–Kier alpha value is -2.37. The van der Waals surface area contributed by atoms with E-state index < -0.39 is 6.10 Å². The van der Waals surface area contributed by atoms with E-state index in [1.807, 2.05) is 23.1 Å². The van der Waals surface area contributed by atoms with Gasteiger partial charge in [0.2, 0.25) is 5.91 Å². The number of aliphatic hydroxyl groups is 1. The smallest absolute Gasteiger partial charge is 0.227 e. The summed E-state index contributed by atoms with van der Waals surface area (Å²) in [6.45, 7) is 2.71. The lowest BCUT2D eigenvalue weighted by Crippen LogP contribution is -2.39. The molecule has 2 heterocycles. The van der Waals surface area contributed by atoms with E-state index in [0.29, 0.717) is 6.42 Å². The monoisotopic (exact) mass is 422 g/mol. The fourth-order valence-electron chi connectivity index (χ4n) is 4.88. The maximum Gasteiger partial charge on any atom is 0.227 e. The van der Waals surface area contributed by atoms with Crippen LogP contribution in [0.15, 0.2) is 36.4 Å². The summed E-state index contributed by atoms with van der Waals surface area (Å²) in [5.74, 6) is 1.20. The lowest BCUT2D eigenvalue weighted by molar-refractivity contribution is -0.119. The number of nitrogens with one attached hydrogen (secondary N) is 1. The molecule has 0 saturated heterocycles. The van der Waals surface area contributed by atoms with Gasteiger partial charge < -0.3 is 20.1 Å². The molecule has 2 aromatic rings. The van der Waals surface area contributed by atoms with Crippen molar-refractivity contribution in [2.24, 2.45) is 0 Å². The van der Waals surface area contributed by atoms with Crippen molar-refractivity contribution in [3.05, 3.63) is 58.7 Å². The Kier molecular flexibility index (Phi) is 7.25. The number of carbonyl (C=O) groups excluding carboxylic acids is 1. The average Bonchev–Trinajstić information content (AvgIpc) is 2.80. The summed E-state index contributed by atoms with van der Waals surface area (Å²) in [7, 11) is 1.71. The second-order valence-corrected chi connectivity index (χ2v) is 8.66. The molecule has 0 fully saturated rings. The Labute approximate surface area is 185 Å². The molecule has 5 nitrogen and oxygen atoms in total. The van der Waals surface area contributed by atoms with Crippen LogP contribution in [-0.4, -0.2) is 37.8 Å². The van der Waals surface area contributed by atoms with Gasteiger partial charge in [0.1, 0.15) is 5.75 Å². The zero-order valence-electron chi connectivity index (χ0n) is 18.5. The van der Waals surface area contributed by atoms with Crippen molar-refractivity contribution in [1.82, 2.24) is 5.32 Å². The molecule has 2 aliphatic heterocycles. The first kappa shape index (κ1) is 21.8. The number of ether oxygens (including phenoxy) is 1. The third-order valence-corrected chi connectivity index (χ3v) is 6.53. The van der Waals surface area contributed by atoms with Crippen molar-refractivity contribution in [1.29, 1.82) is 0 Å². The Morgan fingerprint density at radius 3 is 2.74 bits per heavy atom. The Morgan fingerprint density at radius 2 is 1.90 bits per heavy atom. The number of aryl methyl sites for hydroxylation is 2. The summed E-state index contributed by atoms with van der Waals surface area (Å²) in [4.78, 5) is 14.2. The largest absolute Gasteiger partial charge is 0.496 e. The maximum absolute atomic E-state index is 12.2. The van der Waals surface area contributed by atoms with Gasteiger partial charge in [-0.2, -0.15) is 0 Å². The predicted molar refractivity (Wildman–Crippen MR) is 124 cm³/mol. The SMILES string of the molecule is COc1ccccc1CCNCCCCC(O)c1cc2c3c(c1)CCC(=O)N3CCC2. The Bertz CT molecular complexity index is 894. The second-order valence-electron chi connectivity index (χ2n) is 8.66. The minimum atomic E-state index is -0.428. The van der Waals surface area contributed by atoms with Crippen LogP contribution in [0.4, 0.5) is 5.69 Å². The van der Waals surface area contributed by atoms with Gasteiger partial charge in [-0.3, -0.25) is 4.79 Å². The lowest BCUT2D eigenvalue weighted by Gasteiger charge is -2.35. The summed E-state index contributed by atoms with van der Waals surface area (Å²) >= 11 is 0. The van der Waals surface area contributed by atoms with Crippen molar-refractivity contribution >= 4 is 11.6 Å². The van der Waals surface area contributed by atoms with Crippen LogP contribution in [0.25, 0.3) is 0 Å². The normalized spacial score (nSPS) is 16.2. The van der Waals surface area contributed by atoms with Crippen LogP contribution in [0.2, 0.25) is 0 Å². The molecule has 1 atom stereocenters. The average molecular weight is 423 g/mol. The number of rotatable bonds is 10. The second kappa shape index (κ2) is 10.3. The Morgan fingerprint density at radius 1 is 1.10 bits per heavy atom. The van der Waals surface area contributed by atoms with Crippen molar-refractivity contribution in [3.8, 4) is 5.75 Å². The van der Waals surface area contributed by atoms with E-state index in [1.54, 1.807) is 7.11 Å². The summed E-state index contributed by atoms with van der Waals surface area (Å²) in [6.07, 6.45) is 6.73. The quantitative estimate of drug-likeness (QED) is 0.569. The first-order valence-electron chi connectivity index (χ1n) is 11.6. The molecule has 1 unspecified atom stereocenters. The van der Waals surface area contributed by atoms with Gasteiger partial charge in [-0.15, -0.1) is 0 Å². The van der Waals surface area contributed by atoms with Crippen LogP contribution >= 0.6 is 0 Å². The number of aliphatic hydroxyl groups excluding tert-OH is 1. The molecule has 0 saturated carbocycles. The molecule has 0 spiro atoms. The van der Waals surface area contributed by atoms with Crippen LogP contribution in [0.5, 0.6) is 5.75 Å². The van der Waals surface area contributed by atoms with Crippen LogP contribution in [0.1, 0.15) is 60.5 Å². The molecule has 2 N–H and O–H groups in total. The van der Waals surface area contributed by atoms with E-state index in [0.717, 1.165) is 81.6 Å². The van der Waals surface area contributed by atoms with Gasteiger partial charge in [0.05, 0.1) is 18.9 Å². The molecule has 0 aromatic heterocycles. The number of anilines is 1. The van der Waals surface area contributed by atoms with Crippen molar-refractivity contribution in [3.63, 3.8) is 0 Å². The van der Waals surface area contributed by atoms with Crippen LogP contribution in [-0.2, 0) is 24.1 Å². The van der Waals surface area contributed by atoms with Gasteiger partial charge in [0.15, 0.2) is 0 Å². The third kappa shape index (κ3) is 5.10. The number of hydrogen-bond donors (Lipinski definition) is 2. The highest BCUT2D eigenvalue weighted by Crippen LogP contribution is 2.38. The maximum atomic E-state index is 12.2. The number of nitrogens with zero attached hydrogens (tertiary/aromatic N) is 1. The van der Waals surface area contributed by atoms with Gasteiger partial charge in [-0.05, 0) is 86.4 Å². The molecule has 0 bridgehead atoms. The van der Waals surface area contributed by atoms with Gasteiger partial charge in [0, 0.05) is 13.0 Å². The highest BCUT2D eigenvalue weighted by atomic mass is 16.5. The van der Waals surface area contributed by atoms with Gasteiger partial charge >= 0.3 is 0 Å². The van der Waals surface area contributed by atoms with E-state index >= 15 is 0 Å². The number of para-hydroxylation sites is 1. The summed E-state index contributed by atoms with van der Waals surface area (Å²) < 4.78 is 5.40. The molecule has 0 radical (unpaired) electrons. The van der Waals surface area contributed by atoms with E-state index in [1.165, 1.54) is 16.7 Å². The molecule has 31 heavy (non-hydrogen) atoms. The number of unbranched alkanes of at least 4 members (excludes halogenated alkanes) is 1. The van der Waals surface area contributed by atoms with Crippen LogP contribution in [0, 0.1) is 0 Å². The van der Waals surface area contributed by atoms with Crippen molar-refractivity contribution in [2.75, 3.05) is 31.6 Å². The van der Waals surface area contributed by atoms with Gasteiger partial charge in [-0.1, -0.05) is 30.3 Å². The van der Waals surface area contributed by atoms with E-state index in [4.69, 9.17) is 4.74 Å². The lowest BCUT2D eigenvalue weighted by atomic mass is 9.88. The highest BCUT2D eigenvalue weighted by Gasteiger charge is 2.30. The fourth-order valence-corrected chi connectivity index (χ4v) is 4.88. The predicted octanol–water partition coefficient (Wildman–Crippen LogP) is 3.96. The topological polar surface area (TPSA) is 61.8 Å². The standard InChI is InChI=1S/C26H34N2O3/c1-31-24-10-3-2-7-19(24)13-15-27-14-5-4-9-23(29)22-17-20-8-6-16-28-25(30)12-11-21(18-22)26(20)28/h2-3,7,10,17-18,23,27,29H,4-6,8-9,11-16H2,1H3. The van der Waals surface area contributed by atoms with Crippen molar-refractivity contribution < 1.29 is 14.6 Å². The van der Waals surface area contributed by atoms with Gasteiger partial charge in [0.25, 0.3) is 0 Å². The zero-order valence-corrected chi connectivity index (χ0v) is 18.5. The molecular formula is C26H34N2O3. The fraction of sp³-hybridized carbons (Fsp3) is 0.500. The highest BCUT2D eigenvalue weighted by molar-refractivity contribution is 5.97. The number of amides is 1. The van der Waals surface area contributed by atoms with Gasteiger partial charge in [-0.25, -0.2) is 0 Å². The third-order valence-electron chi connectivity index (χ3n) is 6.53. The van der Waals surface area contributed by atoms with Crippen molar-refractivity contribution in [2.45, 2.75) is 57.5 Å². The zero-order chi connectivity index (χ0) is 21.6. The van der Waals surface area contributed by atoms with E-state index in [2.05, 4.69) is 23.5 Å². The first-order valence-corrected chi connectivity index (χ1v) is 11.6. The number of carbonyl (C=O) groups is 1. The van der Waals surface area contributed by atoms with E-state index in [9.17, 15) is 9.90 Å². The molecular weight excluding hydrogens is 388 g/mol. The molecule has 4 rings (SSSR count). The summed E-state index contributed by atoms with van der Waals surface area (Å²) in [5, 5.41) is 14.3. The number of methoxy groups -OCH3 is 1. The summed E-state index contributed by atoms with van der Waals surface area (Å²) in [6, 6.07) is 12.4.